The van der Waals surface area contributed by atoms with E-state index in [2.05, 4.69) is 10.1 Å². The quantitative estimate of drug-likeness (QED) is 0.830. The van der Waals surface area contributed by atoms with E-state index in [-0.39, 0.29) is 11.3 Å². The van der Waals surface area contributed by atoms with Crippen LogP contribution in [0.25, 0.3) is 0 Å². The second-order valence-electron chi connectivity index (χ2n) is 5.50. The molecule has 116 valence electrons. The minimum Gasteiger partial charge on any atom is -0.465 e. The van der Waals surface area contributed by atoms with Crippen LogP contribution in [-0.2, 0) is 4.74 Å². The lowest BCUT2D eigenvalue weighted by Crippen LogP contribution is -2.14. The number of nitrogens with one attached hydrogen (secondary N) is 1. The summed E-state index contributed by atoms with van der Waals surface area (Å²) in [5.41, 5.74) is -0.288. The smallest absolute Gasteiger partial charge is 0.340 e. The number of anilines is 1. The maximum Gasteiger partial charge on any atom is 0.340 e. The summed E-state index contributed by atoms with van der Waals surface area (Å²) in [6, 6.07) is 2.62. The topological polar surface area (TPSA) is 38.3 Å². The Hall–Kier alpha value is -1.65. The summed E-state index contributed by atoms with van der Waals surface area (Å²) in [7, 11) is 1.13. The number of benzene rings is 1. The van der Waals surface area contributed by atoms with Crippen molar-refractivity contribution in [3.8, 4) is 0 Å². The first-order valence-electron chi connectivity index (χ1n) is 7.43. The summed E-state index contributed by atoms with van der Waals surface area (Å²) in [4.78, 5) is 11.3. The summed E-state index contributed by atoms with van der Waals surface area (Å²) in [6.45, 7) is 0.610. The van der Waals surface area contributed by atoms with Crippen LogP contribution >= 0.6 is 0 Å². The number of hydrogen-bond acceptors (Lipinski definition) is 3. The fourth-order valence-electron chi connectivity index (χ4n) is 2.84. The van der Waals surface area contributed by atoms with Crippen LogP contribution in [0.4, 0.5) is 14.5 Å². The first-order chi connectivity index (χ1) is 10.1. The predicted octanol–water partition coefficient (Wildman–Crippen LogP) is 4.13. The van der Waals surface area contributed by atoms with Gasteiger partial charge in [-0.1, -0.05) is 32.1 Å². The zero-order chi connectivity index (χ0) is 15.2. The van der Waals surface area contributed by atoms with E-state index < -0.39 is 17.6 Å². The van der Waals surface area contributed by atoms with E-state index in [9.17, 15) is 13.6 Å². The first kappa shape index (κ1) is 15.7. The van der Waals surface area contributed by atoms with Crippen molar-refractivity contribution >= 4 is 11.7 Å². The van der Waals surface area contributed by atoms with Crippen LogP contribution in [-0.4, -0.2) is 19.6 Å². The molecule has 3 nitrogen and oxygen atoms in total. The lowest BCUT2D eigenvalue weighted by Gasteiger charge is -2.21. The monoisotopic (exact) mass is 297 g/mol. The van der Waals surface area contributed by atoms with E-state index in [1.807, 2.05) is 0 Å². The van der Waals surface area contributed by atoms with Gasteiger partial charge in [-0.3, -0.25) is 0 Å². The molecule has 1 fully saturated rings. The molecule has 0 bridgehead atoms. The van der Waals surface area contributed by atoms with E-state index in [0.29, 0.717) is 12.5 Å². The summed E-state index contributed by atoms with van der Waals surface area (Å²) < 4.78 is 32.1. The second-order valence-corrected chi connectivity index (χ2v) is 5.50. The van der Waals surface area contributed by atoms with Crippen LogP contribution < -0.4 is 5.32 Å². The molecular weight excluding hydrogens is 276 g/mol. The Bertz CT molecular complexity index is 499. The first-order valence-corrected chi connectivity index (χ1v) is 7.43. The molecule has 0 heterocycles. The van der Waals surface area contributed by atoms with Crippen LogP contribution in [0.1, 0.15) is 48.9 Å². The third kappa shape index (κ3) is 3.93. The number of hydrogen-bond donors (Lipinski definition) is 1. The van der Waals surface area contributed by atoms with E-state index in [0.717, 1.165) is 13.5 Å². The van der Waals surface area contributed by atoms with E-state index in [1.165, 1.54) is 44.2 Å². The molecule has 0 aromatic heterocycles. The molecule has 2 rings (SSSR count). The summed E-state index contributed by atoms with van der Waals surface area (Å²) in [5.74, 6) is -2.39. The standard InChI is InChI=1S/C16H21F2NO2/c1-21-16(20)12-7-8-13(15(18)14(12)17)19-10-9-11-5-3-2-4-6-11/h7-8,11,19H,2-6,9-10H2,1H3. The molecule has 1 saturated carbocycles. The lowest BCUT2D eigenvalue weighted by molar-refractivity contribution is 0.0594. The summed E-state index contributed by atoms with van der Waals surface area (Å²) >= 11 is 0. The summed E-state index contributed by atoms with van der Waals surface area (Å²) in [5, 5.41) is 2.92. The van der Waals surface area contributed by atoms with Gasteiger partial charge in [-0.05, 0) is 24.5 Å². The molecule has 0 amide bonds. The highest BCUT2D eigenvalue weighted by molar-refractivity contribution is 5.90. The highest BCUT2D eigenvalue weighted by atomic mass is 19.2. The van der Waals surface area contributed by atoms with E-state index in [4.69, 9.17) is 0 Å². The Labute approximate surface area is 123 Å². The zero-order valence-electron chi connectivity index (χ0n) is 12.3. The number of ether oxygens (including phenoxy) is 1. The Morgan fingerprint density at radius 3 is 2.62 bits per heavy atom. The molecule has 1 aliphatic rings. The maximum atomic E-state index is 13.9. The number of carbonyl (C=O) groups is 1. The molecule has 1 N–H and O–H groups in total. The Kier molecular flexibility index (Phi) is 5.53. The highest BCUT2D eigenvalue weighted by Gasteiger charge is 2.19. The fourth-order valence-corrected chi connectivity index (χ4v) is 2.84. The lowest BCUT2D eigenvalue weighted by atomic mass is 9.87. The average Bonchev–Trinajstić information content (AvgIpc) is 2.52. The molecule has 1 aliphatic carbocycles. The number of methoxy groups -OCH3 is 1. The van der Waals surface area contributed by atoms with Crippen LogP contribution in [0, 0.1) is 17.6 Å². The molecule has 21 heavy (non-hydrogen) atoms. The Morgan fingerprint density at radius 1 is 1.24 bits per heavy atom. The highest BCUT2D eigenvalue weighted by Crippen LogP contribution is 2.27. The van der Waals surface area contributed by atoms with Crippen LogP contribution in [0.15, 0.2) is 12.1 Å². The number of halogens is 2. The predicted molar refractivity (Wildman–Crippen MR) is 77.4 cm³/mol. The van der Waals surface area contributed by atoms with Gasteiger partial charge < -0.3 is 10.1 Å². The second kappa shape index (κ2) is 7.38. The molecule has 1 aromatic carbocycles. The van der Waals surface area contributed by atoms with Crippen molar-refractivity contribution in [3.63, 3.8) is 0 Å². The van der Waals surface area contributed by atoms with Gasteiger partial charge >= 0.3 is 5.97 Å². The number of rotatable bonds is 5. The molecule has 0 radical (unpaired) electrons. The molecule has 5 heteroatoms. The van der Waals surface area contributed by atoms with E-state index >= 15 is 0 Å². The zero-order valence-corrected chi connectivity index (χ0v) is 12.3. The van der Waals surface area contributed by atoms with Crippen molar-refractivity contribution < 1.29 is 18.3 Å². The molecule has 0 saturated heterocycles. The maximum absolute atomic E-state index is 13.9. The van der Waals surface area contributed by atoms with Gasteiger partial charge in [0.05, 0.1) is 18.4 Å². The Balaban J connectivity index is 1.94. The van der Waals surface area contributed by atoms with Gasteiger partial charge in [0.15, 0.2) is 11.6 Å². The van der Waals surface area contributed by atoms with Crippen LogP contribution in [0.5, 0.6) is 0 Å². The molecule has 0 atom stereocenters. The van der Waals surface area contributed by atoms with Gasteiger partial charge in [0, 0.05) is 6.54 Å². The van der Waals surface area contributed by atoms with Gasteiger partial charge in [-0.25, -0.2) is 13.6 Å². The number of esters is 1. The van der Waals surface area contributed by atoms with Crippen molar-refractivity contribution in [3.05, 3.63) is 29.3 Å². The van der Waals surface area contributed by atoms with Gasteiger partial charge in [-0.15, -0.1) is 0 Å². The largest absolute Gasteiger partial charge is 0.465 e. The number of carbonyl (C=O) groups excluding carboxylic acids is 1. The van der Waals surface area contributed by atoms with Crippen molar-refractivity contribution in [2.24, 2.45) is 5.92 Å². The van der Waals surface area contributed by atoms with Gasteiger partial charge in [0.1, 0.15) is 0 Å². The molecule has 1 aromatic rings. The molecule has 0 aliphatic heterocycles. The SMILES string of the molecule is COC(=O)c1ccc(NCCC2CCCCC2)c(F)c1F. The van der Waals surface area contributed by atoms with Crippen LogP contribution in [0.3, 0.4) is 0 Å². The van der Waals surface area contributed by atoms with Gasteiger partial charge in [-0.2, -0.15) is 0 Å². The van der Waals surface area contributed by atoms with Crippen molar-refractivity contribution in [2.75, 3.05) is 19.0 Å². The van der Waals surface area contributed by atoms with Crippen LogP contribution in [0.2, 0.25) is 0 Å². The minimum absolute atomic E-state index is 0.0935. The van der Waals surface area contributed by atoms with Gasteiger partial charge in [0.25, 0.3) is 0 Å². The Morgan fingerprint density at radius 2 is 1.95 bits per heavy atom. The average molecular weight is 297 g/mol. The molecule has 0 unspecified atom stereocenters. The van der Waals surface area contributed by atoms with Crippen molar-refractivity contribution in [1.82, 2.24) is 0 Å². The minimum atomic E-state index is -1.16. The van der Waals surface area contributed by atoms with E-state index in [1.54, 1.807) is 0 Å². The third-order valence-electron chi connectivity index (χ3n) is 4.08. The molecular formula is C16H21F2NO2. The van der Waals surface area contributed by atoms with Gasteiger partial charge in [0.2, 0.25) is 0 Å². The van der Waals surface area contributed by atoms with Crippen molar-refractivity contribution in [2.45, 2.75) is 38.5 Å². The normalized spacial score (nSPS) is 15.8. The van der Waals surface area contributed by atoms with Crippen molar-refractivity contribution in [1.29, 1.82) is 0 Å². The third-order valence-corrected chi connectivity index (χ3v) is 4.08. The molecule has 0 spiro atoms. The summed E-state index contributed by atoms with van der Waals surface area (Å²) in [6.07, 6.45) is 7.24. The fraction of sp³-hybridized carbons (Fsp3) is 0.562.